The van der Waals surface area contributed by atoms with Gasteiger partial charge in [0.25, 0.3) is 0 Å². The van der Waals surface area contributed by atoms with Crippen LogP contribution in [0.25, 0.3) is 0 Å². The highest BCUT2D eigenvalue weighted by molar-refractivity contribution is 7.11. The Kier molecular flexibility index (Phi) is 3.91. The third-order valence-corrected chi connectivity index (χ3v) is 4.32. The average molecular weight is 280 g/mol. The van der Waals surface area contributed by atoms with Crippen molar-refractivity contribution in [1.29, 1.82) is 0 Å². The van der Waals surface area contributed by atoms with Gasteiger partial charge in [0.2, 0.25) is 5.88 Å². The van der Waals surface area contributed by atoms with E-state index in [2.05, 4.69) is 23.9 Å². The van der Waals surface area contributed by atoms with Crippen LogP contribution < -0.4 is 10.5 Å². The molecule has 0 aliphatic carbocycles. The number of aryl methyl sites for hydroxylation is 4. The SMILES string of the molecule is CCc1nc(C(N)c2c(C)nn(C)c2OC)sc1C. The highest BCUT2D eigenvalue weighted by atomic mass is 32.1. The Morgan fingerprint density at radius 3 is 2.63 bits per heavy atom. The molecule has 5 nitrogen and oxygen atoms in total. The molecule has 2 heterocycles. The number of rotatable bonds is 4. The Balaban J connectivity index is 2.46. The molecule has 0 aliphatic heterocycles. The summed E-state index contributed by atoms with van der Waals surface area (Å²) in [7, 11) is 3.49. The maximum atomic E-state index is 6.36. The molecule has 19 heavy (non-hydrogen) atoms. The van der Waals surface area contributed by atoms with Crippen LogP contribution in [0.5, 0.6) is 5.88 Å². The second kappa shape index (κ2) is 5.30. The first kappa shape index (κ1) is 14.0. The van der Waals surface area contributed by atoms with E-state index in [9.17, 15) is 0 Å². The summed E-state index contributed by atoms with van der Waals surface area (Å²) in [6, 6.07) is -0.285. The lowest BCUT2D eigenvalue weighted by Gasteiger charge is -2.10. The molecule has 0 amide bonds. The molecule has 0 aromatic carbocycles. The normalized spacial score (nSPS) is 12.7. The van der Waals surface area contributed by atoms with Crippen LogP contribution in [0.4, 0.5) is 0 Å². The number of nitrogens with zero attached hydrogens (tertiary/aromatic N) is 3. The van der Waals surface area contributed by atoms with Gasteiger partial charge in [0.15, 0.2) is 0 Å². The van der Waals surface area contributed by atoms with Crippen LogP contribution in [0, 0.1) is 13.8 Å². The first-order valence-electron chi connectivity index (χ1n) is 6.28. The summed E-state index contributed by atoms with van der Waals surface area (Å²) in [4.78, 5) is 5.86. The summed E-state index contributed by atoms with van der Waals surface area (Å²) in [5.41, 5.74) is 9.28. The molecule has 2 rings (SSSR count). The van der Waals surface area contributed by atoms with Gasteiger partial charge in [-0.2, -0.15) is 5.10 Å². The van der Waals surface area contributed by atoms with Gasteiger partial charge >= 0.3 is 0 Å². The van der Waals surface area contributed by atoms with Crippen molar-refractivity contribution in [3.05, 3.63) is 26.8 Å². The van der Waals surface area contributed by atoms with Gasteiger partial charge in [0.05, 0.1) is 30.1 Å². The maximum absolute atomic E-state index is 6.36. The van der Waals surface area contributed by atoms with Crippen molar-refractivity contribution in [3.8, 4) is 5.88 Å². The fraction of sp³-hybridized carbons (Fsp3) is 0.538. The fourth-order valence-corrected chi connectivity index (χ4v) is 3.31. The van der Waals surface area contributed by atoms with Gasteiger partial charge in [-0.3, -0.25) is 0 Å². The highest BCUT2D eigenvalue weighted by Crippen LogP contribution is 2.33. The second-order valence-electron chi connectivity index (χ2n) is 4.52. The molecule has 0 saturated heterocycles. The van der Waals surface area contributed by atoms with Crippen molar-refractivity contribution in [3.63, 3.8) is 0 Å². The topological polar surface area (TPSA) is 66.0 Å². The molecule has 2 aromatic heterocycles. The molecule has 0 radical (unpaired) electrons. The van der Waals surface area contributed by atoms with E-state index in [0.29, 0.717) is 5.88 Å². The second-order valence-corrected chi connectivity index (χ2v) is 5.75. The van der Waals surface area contributed by atoms with Crippen molar-refractivity contribution < 1.29 is 4.74 Å². The number of methoxy groups -OCH3 is 1. The summed E-state index contributed by atoms with van der Waals surface area (Å²) >= 11 is 1.65. The Labute approximate surface area is 117 Å². The molecular weight excluding hydrogens is 260 g/mol. The molecule has 2 aromatic rings. The highest BCUT2D eigenvalue weighted by Gasteiger charge is 2.24. The number of hydrogen-bond donors (Lipinski definition) is 1. The minimum Gasteiger partial charge on any atom is -0.481 e. The Bertz CT molecular complexity index is 588. The van der Waals surface area contributed by atoms with E-state index in [1.54, 1.807) is 23.1 Å². The zero-order valence-corrected chi connectivity index (χ0v) is 12.8. The quantitative estimate of drug-likeness (QED) is 0.931. The molecule has 2 N–H and O–H groups in total. The van der Waals surface area contributed by atoms with Gasteiger partial charge in [-0.15, -0.1) is 11.3 Å². The van der Waals surface area contributed by atoms with Gasteiger partial charge in [-0.25, -0.2) is 9.67 Å². The van der Waals surface area contributed by atoms with Gasteiger partial charge in [-0.1, -0.05) is 6.92 Å². The molecular formula is C13H20N4OS. The molecule has 0 fully saturated rings. The van der Waals surface area contributed by atoms with Crippen LogP contribution >= 0.6 is 11.3 Å². The average Bonchev–Trinajstić information content (AvgIpc) is 2.88. The minimum atomic E-state index is -0.285. The number of thiazole rings is 1. The standard InChI is InChI=1S/C13H20N4OS/c1-6-9-8(3)19-12(15-9)11(14)10-7(2)16-17(4)13(10)18-5/h11H,6,14H2,1-5H3. The number of hydrogen-bond acceptors (Lipinski definition) is 5. The third kappa shape index (κ3) is 2.37. The summed E-state index contributed by atoms with van der Waals surface area (Å²) in [5.74, 6) is 0.705. The van der Waals surface area contributed by atoms with Crippen LogP contribution in [0.15, 0.2) is 0 Å². The van der Waals surface area contributed by atoms with Crippen molar-refractivity contribution in [2.45, 2.75) is 33.2 Å². The summed E-state index contributed by atoms with van der Waals surface area (Å²) in [6.45, 7) is 6.13. The molecule has 0 bridgehead atoms. The smallest absolute Gasteiger partial charge is 0.216 e. The minimum absolute atomic E-state index is 0.285. The first-order valence-corrected chi connectivity index (χ1v) is 7.10. The number of ether oxygens (including phenoxy) is 1. The van der Waals surface area contributed by atoms with E-state index in [-0.39, 0.29) is 6.04 Å². The van der Waals surface area contributed by atoms with Crippen LogP contribution in [0.3, 0.4) is 0 Å². The Morgan fingerprint density at radius 1 is 1.42 bits per heavy atom. The fourth-order valence-electron chi connectivity index (χ4n) is 2.29. The van der Waals surface area contributed by atoms with Crippen molar-refractivity contribution in [1.82, 2.24) is 14.8 Å². The lowest BCUT2D eigenvalue weighted by atomic mass is 10.1. The zero-order chi connectivity index (χ0) is 14.2. The summed E-state index contributed by atoms with van der Waals surface area (Å²) in [5, 5.41) is 5.29. The van der Waals surface area contributed by atoms with E-state index in [4.69, 9.17) is 10.5 Å². The van der Waals surface area contributed by atoms with E-state index < -0.39 is 0 Å². The molecule has 6 heteroatoms. The lowest BCUT2D eigenvalue weighted by Crippen LogP contribution is -2.13. The van der Waals surface area contributed by atoms with Gasteiger partial charge in [0, 0.05) is 11.9 Å². The van der Waals surface area contributed by atoms with Crippen molar-refractivity contribution in [2.75, 3.05) is 7.11 Å². The first-order chi connectivity index (χ1) is 8.99. The number of aromatic nitrogens is 3. The number of nitrogens with two attached hydrogens (primary N) is 1. The van der Waals surface area contributed by atoms with Crippen LogP contribution in [0.2, 0.25) is 0 Å². The van der Waals surface area contributed by atoms with E-state index in [0.717, 1.165) is 28.4 Å². The van der Waals surface area contributed by atoms with Gasteiger partial charge in [0.1, 0.15) is 5.01 Å². The molecule has 104 valence electrons. The van der Waals surface area contributed by atoms with Gasteiger partial charge in [-0.05, 0) is 20.3 Å². The Hall–Kier alpha value is -1.40. The van der Waals surface area contributed by atoms with E-state index in [1.807, 2.05) is 14.0 Å². The Morgan fingerprint density at radius 2 is 2.11 bits per heavy atom. The predicted octanol–water partition coefficient (Wildman–Crippen LogP) is 2.11. The third-order valence-electron chi connectivity index (χ3n) is 3.23. The molecule has 0 saturated carbocycles. The largest absolute Gasteiger partial charge is 0.481 e. The summed E-state index contributed by atoms with van der Waals surface area (Å²) in [6.07, 6.45) is 0.929. The van der Waals surface area contributed by atoms with Crippen LogP contribution in [-0.4, -0.2) is 21.9 Å². The predicted molar refractivity (Wildman–Crippen MR) is 76.8 cm³/mol. The maximum Gasteiger partial charge on any atom is 0.216 e. The van der Waals surface area contributed by atoms with E-state index in [1.165, 1.54) is 4.88 Å². The molecule has 1 atom stereocenters. The van der Waals surface area contributed by atoms with Gasteiger partial charge < -0.3 is 10.5 Å². The lowest BCUT2D eigenvalue weighted by molar-refractivity contribution is 0.368. The summed E-state index contributed by atoms with van der Waals surface area (Å²) < 4.78 is 7.11. The van der Waals surface area contributed by atoms with Crippen molar-refractivity contribution >= 4 is 11.3 Å². The molecule has 1 unspecified atom stereocenters. The van der Waals surface area contributed by atoms with E-state index >= 15 is 0 Å². The zero-order valence-electron chi connectivity index (χ0n) is 12.0. The van der Waals surface area contributed by atoms with Crippen LogP contribution in [0.1, 0.15) is 39.8 Å². The monoisotopic (exact) mass is 280 g/mol. The van der Waals surface area contributed by atoms with Crippen LogP contribution in [-0.2, 0) is 13.5 Å². The molecule has 0 spiro atoms. The van der Waals surface area contributed by atoms with Crippen molar-refractivity contribution in [2.24, 2.45) is 12.8 Å². The molecule has 0 aliphatic rings.